The Kier molecular flexibility index (Phi) is 5.97. The first-order valence-corrected chi connectivity index (χ1v) is 10.1. The number of nitro benzene ring substituents is 1. The minimum absolute atomic E-state index is 0.0616. The summed E-state index contributed by atoms with van der Waals surface area (Å²) in [5.41, 5.74) is 1.10. The van der Waals surface area contributed by atoms with Gasteiger partial charge in [-0.2, -0.15) is 0 Å². The van der Waals surface area contributed by atoms with Crippen molar-refractivity contribution in [2.24, 2.45) is 5.92 Å². The number of piperidine rings is 1. The maximum absolute atomic E-state index is 13.8. The maximum atomic E-state index is 13.8. The second-order valence-electron chi connectivity index (χ2n) is 7.49. The van der Waals surface area contributed by atoms with Crippen molar-refractivity contribution in [1.82, 2.24) is 0 Å². The lowest BCUT2D eigenvalue weighted by atomic mass is 9.94. The molecular weight excluding hydrogens is 401 g/mol. The smallest absolute Gasteiger partial charge is 0.292 e. The molecule has 0 saturated carbocycles. The van der Waals surface area contributed by atoms with Gasteiger partial charge >= 0.3 is 0 Å². The molecule has 1 saturated heterocycles. The van der Waals surface area contributed by atoms with E-state index in [0.29, 0.717) is 43.1 Å². The first kappa shape index (κ1) is 20.6. The lowest BCUT2D eigenvalue weighted by molar-refractivity contribution is -0.384. The number of furan rings is 1. The molecule has 1 aliphatic rings. The molecule has 1 fully saturated rings. The molecule has 160 valence electrons. The van der Waals surface area contributed by atoms with Crippen LogP contribution in [0.5, 0.6) is 0 Å². The molecule has 0 unspecified atom stereocenters. The van der Waals surface area contributed by atoms with Crippen LogP contribution >= 0.6 is 0 Å². The van der Waals surface area contributed by atoms with E-state index in [4.69, 9.17) is 4.42 Å². The number of carbonyl (C=O) groups is 1. The molecule has 1 aromatic heterocycles. The largest absolute Gasteiger partial charge is 0.467 e. The fourth-order valence-corrected chi connectivity index (χ4v) is 3.97. The van der Waals surface area contributed by atoms with Crippen LogP contribution in [0, 0.1) is 21.8 Å². The average molecular weight is 423 g/mol. The Morgan fingerprint density at radius 2 is 1.90 bits per heavy atom. The molecule has 4 rings (SSSR count). The standard InChI is InChI=1S/C23H22FN3O4/c24-18-5-3-6-19(15-18)26(16-20-7-4-14-31-20)23(28)17-10-12-25(13-11-17)21-8-1-2-9-22(21)27(29)30/h1-9,14-15,17H,10-13,16H2. The number of amides is 1. The highest BCUT2D eigenvalue weighted by Crippen LogP contribution is 2.32. The molecule has 0 radical (unpaired) electrons. The number of nitrogens with zero attached hydrogens (tertiary/aromatic N) is 3. The van der Waals surface area contributed by atoms with E-state index in [0.717, 1.165) is 0 Å². The second kappa shape index (κ2) is 8.99. The van der Waals surface area contributed by atoms with Gasteiger partial charge < -0.3 is 14.2 Å². The number of para-hydroxylation sites is 2. The lowest BCUT2D eigenvalue weighted by Crippen LogP contribution is -2.42. The molecule has 0 atom stereocenters. The highest BCUT2D eigenvalue weighted by Gasteiger charge is 2.31. The molecular formula is C23H22FN3O4. The third-order valence-corrected chi connectivity index (χ3v) is 5.54. The number of hydrogen-bond donors (Lipinski definition) is 0. The zero-order valence-corrected chi connectivity index (χ0v) is 16.8. The van der Waals surface area contributed by atoms with Crippen LogP contribution in [0.4, 0.5) is 21.5 Å². The van der Waals surface area contributed by atoms with Crippen LogP contribution in [0.1, 0.15) is 18.6 Å². The van der Waals surface area contributed by atoms with Crippen LogP contribution < -0.4 is 9.80 Å². The van der Waals surface area contributed by atoms with Crippen LogP contribution in [0.15, 0.2) is 71.3 Å². The molecule has 1 aliphatic heterocycles. The van der Waals surface area contributed by atoms with Crippen LogP contribution in [-0.4, -0.2) is 23.9 Å². The van der Waals surface area contributed by atoms with E-state index in [9.17, 15) is 19.3 Å². The normalized spacial score (nSPS) is 14.4. The number of rotatable bonds is 6. The van der Waals surface area contributed by atoms with Gasteiger partial charge in [-0.25, -0.2) is 4.39 Å². The fourth-order valence-electron chi connectivity index (χ4n) is 3.97. The summed E-state index contributed by atoms with van der Waals surface area (Å²) in [6.45, 7) is 1.26. The Hall–Kier alpha value is -3.68. The van der Waals surface area contributed by atoms with Crippen LogP contribution in [-0.2, 0) is 11.3 Å². The monoisotopic (exact) mass is 423 g/mol. The minimum atomic E-state index is -0.416. The quantitative estimate of drug-likeness (QED) is 0.421. The number of nitro groups is 1. The van der Waals surface area contributed by atoms with Crippen molar-refractivity contribution in [2.45, 2.75) is 19.4 Å². The number of hydrogen-bond acceptors (Lipinski definition) is 5. The van der Waals surface area contributed by atoms with Crippen LogP contribution in [0.2, 0.25) is 0 Å². The number of anilines is 2. The number of halogens is 1. The minimum Gasteiger partial charge on any atom is -0.467 e. The summed E-state index contributed by atoms with van der Waals surface area (Å²) < 4.78 is 19.2. The second-order valence-corrected chi connectivity index (χ2v) is 7.49. The van der Waals surface area contributed by atoms with E-state index in [-0.39, 0.29) is 29.0 Å². The maximum Gasteiger partial charge on any atom is 0.292 e. The predicted molar refractivity (Wildman–Crippen MR) is 114 cm³/mol. The van der Waals surface area contributed by atoms with Crippen molar-refractivity contribution in [3.63, 3.8) is 0 Å². The van der Waals surface area contributed by atoms with Gasteiger partial charge in [-0.05, 0) is 49.2 Å². The molecule has 0 N–H and O–H groups in total. The first-order valence-electron chi connectivity index (χ1n) is 10.1. The van der Waals surface area contributed by atoms with Gasteiger partial charge in [0.05, 0.1) is 17.7 Å². The Bertz CT molecular complexity index is 1060. The van der Waals surface area contributed by atoms with Gasteiger partial charge in [-0.1, -0.05) is 18.2 Å². The van der Waals surface area contributed by atoms with E-state index >= 15 is 0 Å². The van der Waals surface area contributed by atoms with Gasteiger partial charge in [-0.3, -0.25) is 14.9 Å². The van der Waals surface area contributed by atoms with Gasteiger partial charge in [0, 0.05) is 30.8 Å². The van der Waals surface area contributed by atoms with Crippen LogP contribution in [0.25, 0.3) is 0 Å². The van der Waals surface area contributed by atoms with Crippen molar-refractivity contribution in [3.8, 4) is 0 Å². The molecule has 0 bridgehead atoms. The molecule has 1 amide bonds. The van der Waals surface area contributed by atoms with Gasteiger partial charge in [0.15, 0.2) is 0 Å². The SMILES string of the molecule is O=C(C1CCN(c2ccccc2[N+](=O)[O-])CC1)N(Cc1ccco1)c1cccc(F)c1. The topological polar surface area (TPSA) is 79.8 Å². The van der Waals surface area contributed by atoms with E-state index in [1.165, 1.54) is 24.5 Å². The fraction of sp³-hybridized carbons (Fsp3) is 0.261. The van der Waals surface area contributed by atoms with Crippen molar-refractivity contribution in [3.05, 3.63) is 88.6 Å². The molecule has 2 aromatic carbocycles. The zero-order chi connectivity index (χ0) is 21.8. The molecule has 7 nitrogen and oxygen atoms in total. The summed E-state index contributed by atoms with van der Waals surface area (Å²) in [6.07, 6.45) is 2.64. The van der Waals surface area contributed by atoms with Crippen molar-refractivity contribution in [2.75, 3.05) is 22.9 Å². The Morgan fingerprint density at radius 3 is 2.58 bits per heavy atom. The van der Waals surface area contributed by atoms with Gasteiger partial charge in [0.2, 0.25) is 5.91 Å². The zero-order valence-electron chi connectivity index (χ0n) is 16.8. The van der Waals surface area contributed by atoms with Crippen molar-refractivity contribution >= 4 is 23.0 Å². The van der Waals surface area contributed by atoms with E-state index in [2.05, 4.69) is 0 Å². The van der Waals surface area contributed by atoms with E-state index < -0.39 is 5.82 Å². The van der Waals surface area contributed by atoms with Crippen LogP contribution in [0.3, 0.4) is 0 Å². The summed E-state index contributed by atoms with van der Waals surface area (Å²) in [4.78, 5) is 27.8. The summed E-state index contributed by atoms with van der Waals surface area (Å²) in [6, 6.07) is 16.1. The van der Waals surface area contributed by atoms with Crippen molar-refractivity contribution < 1.29 is 18.5 Å². The average Bonchev–Trinajstić information content (AvgIpc) is 3.30. The third kappa shape index (κ3) is 4.58. The lowest BCUT2D eigenvalue weighted by Gasteiger charge is -2.35. The molecule has 2 heterocycles. The Balaban J connectivity index is 1.51. The summed E-state index contributed by atoms with van der Waals surface area (Å²) in [7, 11) is 0. The van der Waals surface area contributed by atoms with Gasteiger partial charge in [0.1, 0.15) is 17.3 Å². The summed E-state index contributed by atoms with van der Waals surface area (Å²) >= 11 is 0. The highest BCUT2D eigenvalue weighted by atomic mass is 19.1. The first-order chi connectivity index (χ1) is 15.0. The van der Waals surface area contributed by atoms with E-state index in [1.54, 1.807) is 47.4 Å². The molecule has 8 heteroatoms. The molecule has 31 heavy (non-hydrogen) atoms. The molecule has 3 aromatic rings. The van der Waals surface area contributed by atoms with E-state index in [1.807, 2.05) is 4.90 Å². The Morgan fingerprint density at radius 1 is 1.13 bits per heavy atom. The summed E-state index contributed by atoms with van der Waals surface area (Å²) in [5.74, 6) is -0.183. The molecule has 0 spiro atoms. The number of carbonyl (C=O) groups excluding carboxylic acids is 1. The number of benzene rings is 2. The highest BCUT2D eigenvalue weighted by molar-refractivity contribution is 5.95. The van der Waals surface area contributed by atoms with Crippen molar-refractivity contribution in [1.29, 1.82) is 0 Å². The Labute approximate surface area is 178 Å². The third-order valence-electron chi connectivity index (χ3n) is 5.54. The van der Waals surface area contributed by atoms with Gasteiger partial charge in [0.25, 0.3) is 5.69 Å². The predicted octanol–water partition coefficient (Wildman–Crippen LogP) is 4.78. The molecule has 0 aliphatic carbocycles. The summed E-state index contributed by atoms with van der Waals surface area (Å²) in [5, 5.41) is 11.3. The van der Waals surface area contributed by atoms with Gasteiger partial charge in [-0.15, -0.1) is 0 Å².